The summed E-state index contributed by atoms with van der Waals surface area (Å²) < 4.78 is 3.16. The predicted octanol–water partition coefficient (Wildman–Crippen LogP) is 5.26. The lowest BCUT2D eigenvalue weighted by atomic mass is 10.1. The Labute approximate surface area is 134 Å². The van der Waals surface area contributed by atoms with E-state index in [0.29, 0.717) is 0 Å². The normalized spacial score (nSPS) is 12.8. The summed E-state index contributed by atoms with van der Waals surface area (Å²) in [6.45, 7) is 1.78. The van der Waals surface area contributed by atoms with Crippen molar-refractivity contribution in [1.29, 1.82) is 0 Å². The number of aliphatic hydroxyl groups is 1. The van der Waals surface area contributed by atoms with Crippen molar-refractivity contribution in [3.8, 4) is 0 Å². The number of aromatic nitrogens is 1. The van der Waals surface area contributed by atoms with E-state index in [2.05, 4.69) is 27.0 Å². The van der Waals surface area contributed by atoms with Gasteiger partial charge in [0.15, 0.2) is 4.34 Å². The Kier molecular flexibility index (Phi) is 4.12. The molecule has 1 heterocycles. The highest BCUT2D eigenvalue weighted by Crippen LogP contribution is 2.38. The molecule has 0 saturated heterocycles. The van der Waals surface area contributed by atoms with Crippen LogP contribution in [0, 0.1) is 0 Å². The Hall–Kier alpha value is -0.880. The Bertz CT molecular complexity index is 721. The topological polar surface area (TPSA) is 33.1 Å². The lowest BCUT2D eigenvalue weighted by Crippen LogP contribution is -1.93. The molecule has 0 amide bonds. The molecule has 5 heteroatoms. The molecule has 0 radical (unpaired) electrons. The maximum atomic E-state index is 9.90. The van der Waals surface area contributed by atoms with Crippen molar-refractivity contribution in [2.75, 3.05) is 0 Å². The zero-order chi connectivity index (χ0) is 14.1. The second-order valence-electron chi connectivity index (χ2n) is 4.41. The van der Waals surface area contributed by atoms with Gasteiger partial charge in [0, 0.05) is 9.37 Å². The van der Waals surface area contributed by atoms with Crippen LogP contribution in [-0.2, 0) is 0 Å². The number of benzene rings is 2. The van der Waals surface area contributed by atoms with E-state index >= 15 is 0 Å². The molecule has 0 fully saturated rings. The molecule has 1 atom stereocenters. The molecule has 1 N–H and O–H groups in total. The van der Waals surface area contributed by atoms with Gasteiger partial charge >= 0.3 is 0 Å². The van der Waals surface area contributed by atoms with Crippen LogP contribution in [0.4, 0.5) is 0 Å². The molecule has 1 aromatic heterocycles. The van der Waals surface area contributed by atoms with Crippen molar-refractivity contribution >= 4 is 49.2 Å². The van der Waals surface area contributed by atoms with E-state index in [-0.39, 0.29) is 0 Å². The molecule has 0 aliphatic heterocycles. The second kappa shape index (κ2) is 5.85. The summed E-state index contributed by atoms with van der Waals surface area (Å²) in [6.07, 6.45) is -0.496. The molecular formula is C15H12BrNOS2. The lowest BCUT2D eigenvalue weighted by Gasteiger charge is -2.10. The van der Waals surface area contributed by atoms with Gasteiger partial charge in [-0.25, -0.2) is 4.98 Å². The number of hydrogen-bond donors (Lipinski definition) is 1. The number of thiazole rings is 1. The maximum Gasteiger partial charge on any atom is 0.155 e. The van der Waals surface area contributed by atoms with Crippen LogP contribution in [0.3, 0.4) is 0 Å². The van der Waals surface area contributed by atoms with Crippen LogP contribution in [0.25, 0.3) is 10.2 Å². The summed E-state index contributed by atoms with van der Waals surface area (Å²) in [6, 6.07) is 14.1. The van der Waals surface area contributed by atoms with Crippen molar-refractivity contribution < 1.29 is 5.11 Å². The van der Waals surface area contributed by atoms with E-state index in [0.717, 1.165) is 24.8 Å². The van der Waals surface area contributed by atoms with E-state index < -0.39 is 6.10 Å². The molecule has 0 bridgehead atoms. The fraction of sp³-hybridized carbons (Fsp3) is 0.133. The number of halogens is 1. The highest BCUT2D eigenvalue weighted by Gasteiger charge is 2.12. The fourth-order valence-corrected chi connectivity index (χ4v) is 4.52. The third-order valence-electron chi connectivity index (χ3n) is 2.89. The molecule has 102 valence electrons. The van der Waals surface area contributed by atoms with Gasteiger partial charge in [0.1, 0.15) is 0 Å². The maximum absolute atomic E-state index is 9.90. The van der Waals surface area contributed by atoms with E-state index in [1.807, 2.05) is 36.4 Å². The molecule has 2 nitrogen and oxygen atoms in total. The highest BCUT2D eigenvalue weighted by atomic mass is 79.9. The quantitative estimate of drug-likeness (QED) is 0.686. The molecule has 1 unspecified atom stereocenters. The first-order chi connectivity index (χ1) is 9.63. The average molecular weight is 366 g/mol. The SMILES string of the molecule is CC(O)c1cc(Br)ccc1Sc1nc2ccccc2s1. The summed E-state index contributed by atoms with van der Waals surface area (Å²) in [5.41, 5.74) is 1.94. The smallest absolute Gasteiger partial charge is 0.155 e. The Morgan fingerprint density at radius 2 is 2.05 bits per heavy atom. The predicted molar refractivity (Wildman–Crippen MR) is 88.5 cm³/mol. The number of aliphatic hydroxyl groups excluding tert-OH is 1. The standard InChI is InChI=1S/C15H12BrNOS2/c1-9(18)11-8-10(16)6-7-13(11)19-15-17-12-4-2-3-5-14(12)20-15/h2-9,18H,1H3. The van der Waals surface area contributed by atoms with Crippen LogP contribution >= 0.6 is 39.0 Å². The van der Waals surface area contributed by atoms with Crippen molar-refractivity contribution in [2.24, 2.45) is 0 Å². The van der Waals surface area contributed by atoms with Crippen LogP contribution in [0.15, 0.2) is 56.2 Å². The van der Waals surface area contributed by atoms with Gasteiger partial charge in [0.2, 0.25) is 0 Å². The van der Waals surface area contributed by atoms with E-state index in [4.69, 9.17) is 0 Å². The molecule has 0 saturated carbocycles. The largest absolute Gasteiger partial charge is 0.389 e. The molecule has 0 spiro atoms. The van der Waals surface area contributed by atoms with Gasteiger partial charge in [-0.3, -0.25) is 0 Å². The summed E-state index contributed by atoms with van der Waals surface area (Å²) in [7, 11) is 0. The zero-order valence-electron chi connectivity index (χ0n) is 10.7. The summed E-state index contributed by atoms with van der Waals surface area (Å²) >= 11 is 6.72. The lowest BCUT2D eigenvalue weighted by molar-refractivity contribution is 0.196. The van der Waals surface area contributed by atoms with Crippen molar-refractivity contribution in [3.63, 3.8) is 0 Å². The third-order valence-corrected chi connectivity index (χ3v) is 5.58. The van der Waals surface area contributed by atoms with Gasteiger partial charge < -0.3 is 5.11 Å². The Morgan fingerprint density at radius 1 is 1.25 bits per heavy atom. The van der Waals surface area contributed by atoms with Gasteiger partial charge in [0.25, 0.3) is 0 Å². The molecule has 2 aromatic carbocycles. The second-order valence-corrected chi connectivity index (χ2v) is 7.64. The fourth-order valence-electron chi connectivity index (χ4n) is 1.93. The molecule has 3 aromatic rings. The minimum atomic E-state index is -0.496. The van der Waals surface area contributed by atoms with Gasteiger partial charge in [-0.15, -0.1) is 11.3 Å². The van der Waals surface area contributed by atoms with Crippen LogP contribution < -0.4 is 0 Å². The number of hydrogen-bond acceptors (Lipinski definition) is 4. The number of nitrogens with zero attached hydrogens (tertiary/aromatic N) is 1. The minimum absolute atomic E-state index is 0.496. The molecule has 20 heavy (non-hydrogen) atoms. The number of fused-ring (bicyclic) bond motifs is 1. The summed E-state index contributed by atoms with van der Waals surface area (Å²) in [4.78, 5) is 5.66. The highest BCUT2D eigenvalue weighted by molar-refractivity contribution is 9.10. The summed E-state index contributed by atoms with van der Waals surface area (Å²) in [5.74, 6) is 0. The third kappa shape index (κ3) is 2.91. The van der Waals surface area contributed by atoms with Crippen LogP contribution in [-0.4, -0.2) is 10.1 Å². The molecule has 0 aliphatic rings. The Balaban J connectivity index is 1.98. The monoisotopic (exact) mass is 365 g/mol. The van der Waals surface area contributed by atoms with Crippen molar-refractivity contribution in [2.45, 2.75) is 22.3 Å². The van der Waals surface area contributed by atoms with Crippen LogP contribution in [0.1, 0.15) is 18.6 Å². The van der Waals surface area contributed by atoms with Gasteiger partial charge in [-0.05, 0) is 42.8 Å². The average Bonchev–Trinajstić information content (AvgIpc) is 2.82. The first-order valence-electron chi connectivity index (χ1n) is 6.14. The van der Waals surface area contributed by atoms with E-state index in [9.17, 15) is 5.11 Å². The van der Waals surface area contributed by atoms with Gasteiger partial charge in [-0.1, -0.05) is 39.8 Å². The number of rotatable bonds is 3. The van der Waals surface area contributed by atoms with Gasteiger partial charge in [0.05, 0.1) is 16.3 Å². The van der Waals surface area contributed by atoms with E-state index in [1.54, 1.807) is 30.0 Å². The molecule has 0 aliphatic carbocycles. The van der Waals surface area contributed by atoms with Crippen LogP contribution in [0.5, 0.6) is 0 Å². The van der Waals surface area contributed by atoms with Gasteiger partial charge in [-0.2, -0.15) is 0 Å². The number of para-hydroxylation sites is 1. The summed E-state index contributed by atoms with van der Waals surface area (Å²) in [5, 5.41) is 9.90. The molecular weight excluding hydrogens is 354 g/mol. The zero-order valence-corrected chi connectivity index (χ0v) is 13.9. The minimum Gasteiger partial charge on any atom is -0.389 e. The van der Waals surface area contributed by atoms with Crippen molar-refractivity contribution in [1.82, 2.24) is 4.98 Å². The van der Waals surface area contributed by atoms with Crippen LogP contribution in [0.2, 0.25) is 0 Å². The van der Waals surface area contributed by atoms with Crippen molar-refractivity contribution in [3.05, 3.63) is 52.5 Å². The first-order valence-corrected chi connectivity index (χ1v) is 8.57. The Morgan fingerprint density at radius 3 is 2.80 bits per heavy atom. The molecule has 3 rings (SSSR count). The van der Waals surface area contributed by atoms with E-state index in [1.165, 1.54) is 4.70 Å². The first kappa shape index (κ1) is 14.1.